The molecule has 1 atom stereocenters. The maximum Gasteiger partial charge on any atom is 0.124 e. The third-order valence-corrected chi connectivity index (χ3v) is 4.21. The molecule has 0 aromatic heterocycles. The van der Waals surface area contributed by atoms with Gasteiger partial charge in [0.15, 0.2) is 0 Å². The number of aliphatic hydroxyl groups excluding tert-OH is 1. The lowest BCUT2D eigenvalue weighted by Gasteiger charge is -2.23. The lowest BCUT2D eigenvalue weighted by molar-refractivity contribution is 0.155. The van der Waals surface area contributed by atoms with Gasteiger partial charge in [0.2, 0.25) is 0 Å². The van der Waals surface area contributed by atoms with Crippen molar-refractivity contribution in [2.24, 2.45) is 0 Å². The smallest absolute Gasteiger partial charge is 0.124 e. The molecule has 0 aliphatic heterocycles. The minimum Gasteiger partial charge on any atom is -0.489 e. The molecule has 1 N–H and O–H groups in total. The van der Waals surface area contributed by atoms with E-state index in [-0.39, 0.29) is 5.82 Å². The number of benzene rings is 2. The van der Waals surface area contributed by atoms with E-state index in [9.17, 15) is 9.50 Å². The van der Waals surface area contributed by atoms with Crippen molar-refractivity contribution in [3.05, 3.63) is 63.4 Å². The molecule has 0 bridgehead atoms. The lowest BCUT2D eigenvalue weighted by atomic mass is 9.89. The highest BCUT2D eigenvalue weighted by Crippen LogP contribution is 2.35. The zero-order valence-corrected chi connectivity index (χ0v) is 13.1. The summed E-state index contributed by atoms with van der Waals surface area (Å²) in [4.78, 5) is 0. The Kier molecular flexibility index (Phi) is 4.27. The van der Waals surface area contributed by atoms with Gasteiger partial charge in [-0.05, 0) is 60.2 Å². The predicted molar refractivity (Wildman–Crippen MR) is 82.8 cm³/mol. The van der Waals surface area contributed by atoms with Gasteiger partial charge >= 0.3 is 0 Å². The maximum absolute atomic E-state index is 13.4. The Balaban J connectivity index is 1.81. The van der Waals surface area contributed by atoms with Crippen molar-refractivity contribution in [2.75, 3.05) is 0 Å². The molecule has 2 nitrogen and oxygen atoms in total. The van der Waals surface area contributed by atoms with Crippen LogP contribution in [-0.4, -0.2) is 5.11 Å². The van der Waals surface area contributed by atoms with Crippen molar-refractivity contribution in [3.8, 4) is 5.75 Å². The highest BCUT2D eigenvalue weighted by Gasteiger charge is 2.20. The van der Waals surface area contributed by atoms with Crippen LogP contribution in [0.3, 0.4) is 0 Å². The van der Waals surface area contributed by atoms with Crippen LogP contribution in [0, 0.1) is 5.82 Å². The first-order valence-corrected chi connectivity index (χ1v) is 7.80. The lowest BCUT2D eigenvalue weighted by Crippen LogP contribution is -2.11. The summed E-state index contributed by atoms with van der Waals surface area (Å²) >= 11 is 3.28. The van der Waals surface area contributed by atoms with Gasteiger partial charge in [-0.3, -0.25) is 0 Å². The van der Waals surface area contributed by atoms with Gasteiger partial charge in [-0.25, -0.2) is 4.39 Å². The van der Waals surface area contributed by atoms with E-state index in [4.69, 9.17) is 4.74 Å². The summed E-state index contributed by atoms with van der Waals surface area (Å²) in [6.45, 7) is 0.308. The molecule has 110 valence electrons. The largest absolute Gasteiger partial charge is 0.489 e. The monoisotopic (exact) mass is 350 g/mol. The Hall–Kier alpha value is -1.39. The fraction of sp³-hybridized carbons (Fsp3) is 0.294. The molecule has 3 rings (SSSR count). The molecule has 4 heteroatoms. The van der Waals surface area contributed by atoms with Crippen LogP contribution in [0.15, 0.2) is 40.9 Å². The quantitative estimate of drug-likeness (QED) is 0.880. The molecule has 2 aromatic rings. The number of hydrogen-bond donors (Lipinski definition) is 1. The Morgan fingerprint density at radius 1 is 1.29 bits per heavy atom. The zero-order chi connectivity index (χ0) is 14.8. The van der Waals surface area contributed by atoms with Gasteiger partial charge in [-0.2, -0.15) is 0 Å². The molecule has 1 aliphatic rings. The van der Waals surface area contributed by atoms with Gasteiger partial charge in [0.1, 0.15) is 18.2 Å². The summed E-state index contributed by atoms with van der Waals surface area (Å²) in [6.07, 6.45) is 2.27. The Labute approximate surface area is 131 Å². The summed E-state index contributed by atoms with van der Waals surface area (Å²) in [5.41, 5.74) is 2.81. The van der Waals surface area contributed by atoms with E-state index in [0.717, 1.165) is 41.7 Å². The van der Waals surface area contributed by atoms with Gasteiger partial charge in [0.25, 0.3) is 0 Å². The molecule has 0 heterocycles. The normalized spacial score (nSPS) is 17.4. The second-order valence-corrected chi connectivity index (χ2v) is 6.21. The SMILES string of the molecule is OC1CCCc2c(OCc3cc(F)cc(Br)c3)cccc21. The van der Waals surface area contributed by atoms with Crippen molar-refractivity contribution >= 4 is 15.9 Å². The van der Waals surface area contributed by atoms with E-state index < -0.39 is 6.10 Å². The van der Waals surface area contributed by atoms with Gasteiger partial charge in [0.05, 0.1) is 6.10 Å². The Morgan fingerprint density at radius 2 is 2.14 bits per heavy atom. The van der Waals surface area contributed by atoms with Crippen molar-refractivity contribution in [1.29, 1.82) is 0 Å². The van der Waals surface area contributed by atoms with E-state index >= 15 is 0 Å². The van der Waals surface area contributed by atoms with Crippen LogP contribution in [0.2, 0.25) is 0 Å². The van der Waals surface area contributed by atoms with Crippen molar-refractivity contribution in [1.82, 2.24) is 0 Å². The molecule has 1 unspecified atom stereocenters. The van der Waals surface area contributed by atoms with Crippen LogP contribution in [0.5, 0.6) is 5.75 Å². The molecule has 2 aromatic carbocycles. The average molecular weight is 351 g/mol. The number of aliphatic hydroxyl groups is 1. The summed E-state index contributed by atoms with van der Waals surface area (Å²) in [6, 6.07) is 10.5. The van der Waals surface area contributed by atoms with Crippen LogP contribution in [0.1, 0.15) is 35.6 Å². The summed E-state index contributed by atoms with van der Waals surface area (Å²) in [5, 5.41) is 10.0. The Morgan fingerprint density at radius 3 is 2.95 bits per heavy atom. The number of rotatable bonds is 3. The van der Waals surface area contributed by atoms with Gasteiger partial charge in [0, 0.05) is 4.47 Å². The van der Waals surface area contributed by atoms with Crippen LogP contribution in [-0.2, 0) is 13.0 Å². The zero-order valence-electron chi connectivity index (χ0n) is 11.5. The number of hydrogen-bond acceptors (Lipinski definition) is 2. The first kappa shape index (κ1) is 14.5. The molecule has 0 fully saturated rings. The average Bonchev–Trinajstić information content (AvgIpc) is 2.45. The van der Waals surface area contributed by atoms with E-state index in [0.29, 0.717) is 11.1 Å². The van der Waals surface area contributed by atoms with Crippen LogP contribution in [0.4, 0.5) is 4.39 Å². The second-order valence-electron chi connectivity index (χ2n) is 5.30. The molecule has 1 aliphatic carbocycles. The highest BCUT2D eigenvalue weighted by molar-refractivity contribution is 9.10. The number of ether oxygens (including phenoxy) is 1. The van der Waals surface area contributed by atoms with E-state index in [1.807, 2.05) is 24.3 Å². The van der Waals surface area contributed by atoms with Crippen LogP contribution >= 0.6 is 15.9 Å². The molecule has 0 saturated carbocycles. The van der Waals surface area contributed by atoms with Gasteiger partial charge < -0.3 is 9.84 Å². The summed E-state index contributed by atoms with van der Waals surface area (Å²) < 4.78 is 19.9. The maximum atomic E-state index is 13.4. The molecule has 21 heavy (non-hydrogen) atoms. The molecular formula is C17H16BrFO2. The molecule has 0 spiro atoms. The van der Waals surface area contributed by atoms with E-state index in [1.54, 1.807) is 0 Å². The first-order chi connectivity index (χ1) is 10.1. The first-order valence-electron chi connectivity index (χ1n) is 7.01. The summed E-state index contributed by atoms with van der Waals surface area (Å²) in [5.74, 6) is 0.500. The van der Waals surface area contributed by atoms with E-state index in [1.165, 1.54) is 12.1 Å². The topological polar surface area (TPSA) is 29.5 Å². The molecule has 0 saturated heterocycles. The van der Waals surface area contributed by atoms with E-state index in [2.05, 4.69) is 15.9 Å². The number of fused-ring (bicyclic) bond motifs is 1. The molecule has 0 amide bonds. The van der Waals surface area contributed by atoms with Crippen molar-refractivity contribution in [2.45, 2.75) is 32.0 Å². The van der Waals surface area contributed by atoms with Gasteiger partial charge in [-0.1, -0.05) is 28.1 Å². The highest BCUT2D eigenvalue weighted by atomic mass is 79.9. The molecular weight excluding hydrogens is 335 g/mol. The predicted octanol–water partition coefficient (Wildman–Crippen LogP) is 4.54. The fourth-order valence-corrected chi connectivity index (χ4v) is 3.29. The van der Waals surface area contributed by atoms with Crippen molar-refractivity contribution < 1.29 is 14.2 Å². The van der Waals surface area contributed by atoms with Crippen molar-refractivity contribution in [3.63, 3.8) is 0 Å². The number of halogens is 2. The summed E-state index contributed by atoms with van der Waals surface area (Å²) in [7, 11) is 0. The van der Waals surface area contributed by atoms with Gasteiger partial charge in [-0.15, -0.1) is 0 Å². The fourth-order valence-electron chi connectivity index (χ4n) is 2.78. The minimum atomic E-state index is -0.402. The third kappa shape index (κ3) is 3.27. The Bertz CT molecular complexity index is 637. The van der Waals surface area contributed by atoms with Crippen LogP contribution < -0.4 is 4.74 Å². The van der Waals surface area contributed by atoms with Crippen LogP contribution in [0.25, 0.3) is 0 Å². The second kappa shape index (κ2) is 6.16. The molecule has 0 radical (unpaired) electrons. The standard InChI is InChI=1S/C17H16BrFO2/c18-12-7-11(8-13(19)9-12)10-21-17-6-2-3-14-15(17)4-1-5-16(14)20/h2-3,6-9,16,20H,1,4-5,10H2. The minimum absolute atomic E-state index is 0.284. The third-order valence-electron chi connectivity index (χ3n) is 3.75.